The van der Waals surface area contributed by atoms with Gasteiger partial charge < -0.3 is 14.8 Å². The summed E-state index contributed by atoms with van der Waals surface area (Å²) in [5, 5.41) is 5.15. The second kappa shape index (κ2) is 6.95. The van der Waals surface area contributed by atoms with Crippen molar-refractivity contribution in [3.05, 3.63) is 39.5 Å². The van der Waals surface area contributed by atoms with Crippen LogP contribution in [0.1, 0.15) is 18.5 Å². The van der Waals surface area contributed by atoms with Crippen LogP contribution in [0.5, 0.6) is 11.5 Å². The molecule has 1 atom stereocenters. The van der Waals surface area contributed by atoms with Crippen molar-refractivity contribution in [3.63, 3.8) is 0 Å². The van der Waals surface area contributed by atoms with E-state index < -0.39 is 6.61 Å². The van der Waals surface area contributed by atoms with E-state index in [1.54, 1.807) is 12.1 Å². The van der Waals surface area contributed by atoms with Gasteiger partial charge in [0.1, 0.15) is 0 Å². The Hall–Kier alpha value is -1.53. The van der Waals surface area contributed by atoms with Gasteiger partial charge in [-0.25, -0.2) is 0 Å². The molecule has 0 saturated heterocycles. The molecule has 2 rings (SSSR count). The first-order chi connectivity index (χ1) is 9.99. The fourth-order valence-electron chi connectivity index (χ4n) is 1.84. The second-order valence-electron chi connectivity index (χ2n) is 4.29. The third kappa shape index (κ3) is 4.22. The van der Waals surface area contributed by atoms with Crippen molar-refractivity contribution in [2.75, 3.05) is 12.4 Å². The van der Waals surface area contributed by atoms with Crippen LogP contribution < -0.4 is 14.8 Å². The van der Waals surface area contributed by atoms with E-state index in [4.69, 9.17) is 16.3 Å². The topological polar surface area (TPSA) is 30.5 Å². The number of ether oxygens (including phenoxy) is 2. The third-order valence-electron chi connectivity index (χ3n) is 2.85. The van der Waals surface area contributed by atoms with Gasteiger partial charge in [-0.05, 0) is 36.1 Å². The molecule has 1 aromatic carbocycles. The lowest BCUT2D eigenvalue weighted by atomic mass is 10.1. The highest BCUT2D eigenvalue weighted by molar-refractivity contribution is 7.14. The first kappa shape index (κ1) is 15.9. The largest absolute Gasteiger partial charge is 0.493 e. The molecule has 0 radical (unpaired) electrons. The summed E-state index contributed by atoms with van der Waals surface area (Å²) in [6.45, 7) is -0.946. The minimum atomic E-state index is -2.90. The molecule has 3 nitrogen and oxygen atoms in total. The number of hydrogen-bond donors (Lipinski definition) is 1. The van der Waals surface area contributed by atoms with Gasteiger partial charge in [-0.1, -0.05) is 11.6 Å². The van der Waals surface area contributed by atoms with Crippen LogP contribution in [0.2, 0.25) is 4.34 Å². The summed E-state index contributed by atoms with van der Waals surface area (Å²) in [6, 6.07) is 6.65. The number of rotatable bonds is 6. The maximum Gasteiger partial charge on any atom is 0.387 e. The molecule has 0 fully saturated rings. The molecule has 2 aromatic rings. The zero-order valence-electron chi connectivity index (χ0n) is 11.4. The van der Waals surface area contributed by atoms with Gasteiger partial charge in [-0.15, -0.1) is 11.3 Å². The zero-order chi connectivity index (χ0) is 15.4. The molecule has 1 aromatic heterocycles. The second-order valence-corrected chi connectivity index (χ2v) is 5.84. The van der Waals surface area contributed by atoms with Crippen LogP contribution in [0, 0.1) is 0 Å². The molecule has 21 heavy (non-hydrogen) atoms. The summed E-state index contributed by atoms with van der Waals surface area (Å²) in [6.07, 6.45) is 0. The van der Waals surface area contributed by atoms with Crippen molar-refractivity contribution in [1.29, 1.82) is 0 Å². The predicted octanol–water partition coefficient (Wildman–Crippen LogP) is 5.18. The molecule has 0 aliphatic heterocycles. The first-order valence-electron chi connectivity index (χ1n) is 6.13. The highest BCUT2D eigenvalue weighted by atomic mass is 35.5. The van der Waals surface area contributed by atoms with Crippen molar-refractivity contribution in [2.24, 2.45) is 0 Å². The summed E-state index contributed by atoms with van der Waals surface area (Å²) in [5.74, 6) is 0.250. The Labute approximate surface area is 130 Å². The van der Waals surface area contributed by atoms with Gasteiger partial charge in [-0.2, -0.15) is 8.78 Å². The molecule has 114 valence electrons. The summed E-state index contributed by atoms with van der Waals surface area (Å²) in [7, 11) is 1.40. The number of thiophene rings is 1. The molecular weight excluding hydrogens is 320 g/mol. The standard InChI is InChI=1S/C14H14ClF2NO2S/c1-8(9-5-13(15)21-7-9)18-10-3-4-11(19-2)12(6-10)20-14(16)17/h3-8,14,18H,1-2H3. The lowest BCUT2D eigenvalue weighted by Gasteiger charge is -2.16. The van der Waals surface area contributed by atoms with E-state index in [2.05, 4.69) is 10.1 Å². The lowest BCUT2D eigenvalue weighted by molar-refractivity contribution is -0.0511. The van der Waals surface area contributed by atoms with E-state index in [9.17, 15) is 8.78 Å². The molecule has 1 unspecified atom stereocenters. The van der Waals surface area contributed by atoms with Crippen molar-refractivity contribution in [3.8, 4) is 11.5 Å². The highest BCUT2D eigenvalue weighted by Gasteiger charge is 2.13. The van der Waals surface area contributed by atoms with Crippen LogP contribution in [-0.2, 0) is 0 Å². The quantitative estimate of drug-likeness (QED) is 0.789. The lowest BCUT2D eigenvalue weighted by Crippen LogP contribution is -2.07. The maximum absolute atomic E-state index is 12.4. The number of hydrogen-bond acceptors (Lipinski definition) is 4. The molecule has 0 spiro atoms. The number of anilines is 1. The Kier molecular flexibility index (Phi) is 5.25. The van der Waals surface area contributed by atoms with Crippen molar-refractivity contribution < 1.29 is 18.3 Å². The number of halogens is 3. The van der Waals surface area contributed by atoms with Crippen LogP contribution in [0.15, 0.2) is 29.6 Å². The Morgan fingerprint density at radius 1 is 1.24 bits per heavy atom. The molecule has 1 heterocycles. The molecule has 7 heteroatoms. The number of benzene rings is 1. The predicted molar refractivity (Wildman–Crippen MR) is 81.0 cm³/mol. The Morgan fingerprint density at radius 3 is 2.57 bits per heavy atom. The van der Waals surface area contributed by atoms with Crippen molar-refractivity contribution >= 4 is 28.6 Å². The van der Waals surface area contributed by atoms with E-state index in [0.717, 1.165) is 5.56 Å². The maximum atomic E-state index is 12.4. The summed E-state index contributed by atoms with van der Waals surface area (Å²) < 4.78 is 34.9. The normalized spacial score (nSPS) is 12.3. The molecule has 0 bridgehead atoms. The van der Waals surface area contributed by atoms with E-state index in [1.165, 1.54) is 24.5 Å². The van der Waals surface area contributed by atoms with Crippen LogP contribution in [0.25, 0.3) is 0 Å². The molecule has 0 saturated carbocycles. The van der Waals surface area contributed by atoms with Crippen molar-refractivity contribution in [1.82, 2.24) is 0 Å². The van der Waals surface area contributed by atoms with Gasteiger partial charge in [0.2, 0.25) is 0 Å². The average molecular weight is 334 g/mol. The monoisotopic (exact) mass is 333 g/mol. The molecule has 1 N–H and O–H groups in total. The minimum Gasteiger partial charge on any atom is -0.493 e. The first-order valence-corrected chi connectivity index (χ1v) is 7.38. The van der Waals surface area contributed by atoms with E-state index >= 15 is 0 Å². The molecule has 0 amide bonds. The van der Waals surface area contributed by atoms with Crippen LogP contribution in [0.3, 0.4) is 0 Å². The van der Waals surface area contributed by atoms with Gasteiger partial charge in [-0.3, -0.25) is 0 Å². The van der Waals surface area contributed by atoms with Gasteiger partial charge in [0, 0.05) is 17.8 Å². The Balaban J connectivity index is 2.16. The van der Waals surface area contributed by atoms with Crippen LogP contribution in [0.4, 0.5) is 14.5 Å². The average Bonchev–Trinajstić information content (AvgIpc) is 2.85. The third-order valence-corrected chi connectivity index (χ3v) is 3.96. The number of methoxy groups -OCH3 is 1. The van der Waals surface area contributed by atoms with Crippen molar-refractivity contribution in [2.45, 2.75) is 19.6 Å². The van der Waals surface area contributed by atoms with Gasteiger partial charge in [0.05, 0.1) is 11.4 Å². The highest BCUT2D eigenvalue weighted by Crippen LogP contribution is 2.33. The molecular formula is C14H14ClF2NO2S. The van der Waals surface area contributed by atoms with Crippen LogP contribution >= 0.6 is 22.9 Å². The van der Waals surface area contributed by atoms with Gasteiger partial charge >= 0.3 is 6.61 Å². The van der Waals surface area contributed by atoms with E-state index in [0.29, 0.717) is 10.0 Å². The Bertz CT molecular complexity index is 606. The molecule has 0 aliphatic rings. The SMILES string of the molecule is COc1ccc(NC(C)c2csc(Cl)c2)cc1OC(F)F. The minimum absolute atomic E-state index is 0.00643. The summed E-state index contributed by atoms with van der Waals surface area (Å²) in [4.78, 5) is 0. The summed E-state index contributed by atoms with van der Waals surface area (Å²) >= 11 is 7.34. The van der Waals surface area contributed by atoms with E-state index in [1.807, 2.05) is 18.4 Å². The fourth-order valence-corrected chi connectivity index (χ4v) is 2.82. The zero-order valence-corrected chi connectivity index (χ0v) is 13.0. The number of nitrogens with one attached hydrogen (secondary N) is 1. The number of alkyl halides is 2. The molecule has 0 aliphatic carbocycles. The van der Waals surface area contributed by atoms with Gasteiger partial charge in [0.25, 0.3) is 0 Å². The summed E-state index contributed by atoms with van der Waals surface area (Å²) in [5.41, 5.74) is 1.68. The van der Waals surface area contributed by atoms with E-state index in [-0.39, 0.29) is 17.5 Å². The van der Waals surface area contributed by atoms with Crippen LogP contribution in [-0.4, -0.2) is 13.7 Å². The smallest absolute Gasteiger partial charge is 0.387 e. The fraction of sp³-hybridized carbons (Fsp3) is 0.286. The van der Waals surface area contributed by atoms with Gasteiger partial charge in [0.15, 0.2) is 11.5 Å². The Morgan fingerprint density at radius 2 is 2.00 bits per heavy atom.